The number of benzene rings is 1. The maximum Gasteiger partial charge on any atom is 0.225 e. The van der Waals surface area contributed by atoms with Gasteiger partial charge in [0, 0.05) is 30.8 Å². The number of thiocarbonyl (C=S) groups is 1. The second kappa shape index (κ2) is 7.83. The Labute approximate surface area is 118 Å². The van der Waals surface area contributed by atoms with Gasteiger partial charge in [-0.3, -0.25) is 4.79 Å². The highest BCUT2D eigenvalue weighted by Gasteiger charge is 2.05. The Kier molecular flexibility index (Phi) is 6.41. The van der Waals surface area contributed by atoms with Crippen LogP contribution >= 0.6 is 12.2 Å². The molecule has 0 atom stereocenters. The molecule has 1 aromatic carbocycles. The first-order valence-corrected chi connectivity index (χ1v) is 6.43. The van der Waals surface area contributed by atoms with Crippen LogP contribution in [0.5, 0.6) is 0 Å². The summed E-state index contributed by atoms with van der Waals surface area (Å²) in [6, 6.07) is 7.08. The van der Waals surface area contributed by atoms with E-state index < -0.39 is 0 Å². The summed E-state index contributed by atoms with van der Waals surface area (Å²) in [4.78, 5) is 13.9. The number of nitrogens with two attached hydrogens (primary N) is 1. The Morgan fingerprint density at radius 2 is 2.00 bits per heavy atom. The van der Waals surface area contributed by atoms with Crippen molar-refractivity contribution in [3.05, 3.63) is 29.8 Å². The maximum absolute atomic E-state index is 11.7. The minimum Gasteiger partial charge on any atom is -0.395 e. The molecule has 0 heterocycles. The molecule has 4 N–H and O–H groups in total. The van der Waals surface area contributed by atoms with Gasteiger partial charge in [0.25, 0.3) is 0 Å². The topological polar surface area (TPSA) is 78.6 Å². The number of aliphatic hydroxyl groups excluding tert-OH is 1. The highest BCUT2D eigenvalue weighted by molar-refractivity contribution is 7.80. The number of likely N-dealkylation sites (N-methyl/N-ethyl adjacent to an activating group) is 1. The van der Waals surface area contributed by atoms with Crippen molar-refractivity contribution in [1.82, 2.24) is 4.90 Å². The lowest BCUT2D eigenvalue weighted by atomic mass is 10.2. The smallest absolute Gasteiger partial charge is 0.225 e. The molecule has 6 heteroatoms. The van der Waals surface area contributed by atoms with Crippen LogP contribution in [0.4, 0.5) is 5.69 Å². The first kappa shape index (κ1) is 15.6. The summed E-state index contributed by atoms with van der Waals surface area (Å²) < 4.78 is 0. The molecular formula is C13H19N3O2S. The fourth-order valence-electron chi connectivity index (χ4n) is 1.52. The molecule has 0 unspecified atom stereocenters. The minimum absolute atomic E-state index is 0.0622. The molecule has 19 heavy (non-hydrogen) atoms. The lowest BCUT2D eigenvalue weighted by Gasteiger charge is -2.14. The molecule has 5 nitrogen and oxygen atoms in total. The average Bonchev–Trinajstić information content (AvgIpc) is 2.37. The molecule has 0 aromatic heterocycles. The molecule has 0 fully saturated rings. The SMILES string of the molecule is CN(CCO)CCC(=O)Nc1ccc(C(N)=S)cc1. The van der Waals surface area contributed by atoms with Crippen molar-refractivity contribution in [2.24, 2.45) is 5.73 Å². The number of amides is 1. The largest absolute Gasteiger partial charge is 0.395 e. The second-order valence-electron chi connectivity index (χ2n) is 4.27. The maximum atomic E-state index is 11.7. The Morgan fingerprint density at radius 1 is 1.37 bits per heavy atom. The van der Waals surface area contributed by atoms with Gasteiger partial charge in [-0.2, -0.15) is 0 Å². The van der Waals surface area contributed by atoms with Gasteiger partial charge in [0.15, 0.2) is 0 Å². The molecule has 104 valence electrons. The van der Waals surface area contributed by atoms with Crippen molar-refractivity contribution < 1.29 is 9.90 Å². The summed E-state index contributed by atoms with van der Waals surface area (Å²) in [7, 11) is 1.86. The van der Waals surface area contributed by atoms with Crippen molar-refractivity contribution >= 4 is 28.8 Å². The van der Waals surface area contributed by atoms with Crippen molar-refractivity contribution in [2.45, 2.75) is 6.42 Å². The summed E-state index contributed by atoms with van der Waals surface area (Å²) in [6.07, 6.45) is 0.382. The number of anilines is 1. The first-order chi connectivity index (χ1) is 9.02. The molecular weight excluding hydrogens is 262 g/mol. The molecule has 1 amide bonds. The van der Waals surface area contributed by atoms with Crippen LogP contribution in [0.2, 0.25) is 0 Å². The third kappa shape index (κ3) is 5.78. The zero-order chi connectivity index (χ0) is 14.3. The van der Waals surface area contributed by atoms with Gasteiger partial charge in [-0.25, -0.2) is 0 Å². The number of hydrogen-bond donors (Lipinski definition) is 3. The van der Waals surface area contributed by atoms with E-state index in [4.69, 9.17) is 23.1 Å². The van der Waals surface area contributed by atoms with Gasteiger partial charge in [0.2, 0.25) is 5.91 Å². The number of rotatable bonds is 7. The van der Waals surface area contributed by atoms with E-state index in [1.165, 1.54) is 0 Å². The molecule has 0 radical (unpaired) electrons. The fourth-order valence-corrected chi connectivity index (χ4v) is 1.65. The second-order valence-corrected chi connectivity index (χ2v) is 4.71. The third-order valence-corrected chi connectivity index (χ3v) is 2.89. The van der Waals surface area contributed by atoms with Gasteiger partial charge in [0.1, 0.15) is 4.99 Å². The standard InChI is InChI=1S/C13H19N3O2S/c1-16(8-9-17)7-6-12(18)15-11-4-2-10(3-5-11)13(14)19/h2-5,17H,6-9H2,1H3,(H2,14,19)(H,15,18). The third-order valence-electron chi connectivity index (χ3n) is 2.66. The quantitative estimate of drug-likeness (QED) is 0.637. The average molecular weight is 281 g/mol. The number of carbonyl (C=O) groups is 1. The molecule has 0 saturated heterocycles. The normalized spacial score (nSPS) is 10.5. The Balaban J connectivity index is 2.42. The van der Waals surface area contributed by atoms with Crippen LogP contribution in [0.25, 0.3) is 0 Å². The summed E-state index contributed by atoms with van der Waals surface area (Å²) >= 11 is 4.85. The summed E-state index contributed by atoms with van der Waals surface area (Å²) in [6.45, 7) is 1.27. The molecule has 1 aromatic rings. The minimum atomic E-state index is -0.0622. The zero-order valence-electron chi connectivity index (χ0n) is 10.9. The number of hydrogen-bond acceptors (Lipinski definition) is 4. The van der Waals surface area contributed by atoms with E-state index in [0.29, 0.717) is 24.5 Å². The van der Waals surface area contributed by atoms with E-state index in [-0.39, 0.29) is 12.5 Å². The summed E-state index contributed by atoms with van der Waals surface area (Å²) in [5.41, 5.74) is 6.98. The molecule has 0 aliphatic carbocycles. The van der Waals surface area contributed by atoms with E-state index in [1.807, 2.05) is 11.9 Å². The number of nitrogens with zero attached hydrogens (tertiary/aromatic N) is 1. The van der Waals surface area contributed by atoms with E-state index in [9.17, 15) is 4.79 Å². The van der Waals surface area contributed by atoms with Crippen LogP contribution in [0.1, 0.15) is 12.0 Å². The molecule has 1 rings (SSSR count). The Morgan fingerprint density at radius 3 is 2.53 bits per heavy atom. The van der Waals surface area contributed by atoms with Crippen LogP contribution < -0.4 is 11.1 Å². The monoisotopic (exact) mass is 281 g/mol. The first-order valence-electron chi connectivity index (χ1n) is 6.02. The van der Waals surface area contributed by atoms with Crippen molar-refractivity contribution in [1.29, 1.82) is 0 Å². The van der Waals surface area contributed by atoms with Gasteiger partial charge in [0.05, 0.1) is 6.61 Å². The van der Waals surface area contributed by atoms with E-state index in [2.05, 4.69) is 5.32 Å². The predicted molar refractivity (Wildman–Crippen MR) is 80.2 cm³/mol. The Hall–Kier alpha value is -1.50. The van der Waals surface area contributed by atoms with Crippen LogP contribution in [0, 0.1) is 0 Å². The predicted octanol–water partition coefficient (Wildman–Crippen LogP) is 0.573. The summed E-state index contributed by atoms with van der Waals surface area (Å²) in [5, 5.41) is 11.5. The number of carbonyl (C=O) groups excluding carboxylic acids is 1. The van der Waals surface area contributed by atoms with Gasteiger partial charge >= 0.3 is 0 Å². The van der Waals surface area contributed by atoms with Crippen LogP contribution in [0.15, 0.2) is 24.3 Å². The zero-order valence-corrected chi connectivity index (χ0v) is 11.7. The van der Waals surface area contributed by atoms with Gasteiger partial charge < -0.3 is 21.1 Å². The highest BCUT2D eigenvalue weighted by Crippen LogP contribution is 2.09. The van der Waals surface area contributed by atoms with Crippen LogP contribution in [0.3, 0.4) is 0 Å². The van der Waals surface area contributed by atoms with E-state index >= 15 is 0 Å². The van der Waals surface area contributed by atoms with Crippen LogP contribution in [-0.4, -0.2) is 47.6 Å². The lowest BCUT2D eigenvalue weighted by Crippen LogP contribution is -2.26. The number of aliphatic hydroxyl groups is 1. The van der Waals surface area contributed by atoms with Crippen LogP contribution in [-0.2, 0) is 4.79 Å². The fraction of sp³-hybridized carbons (Fsp3) is 0.385. The van der Waals surface area contributed by atoms with Gasteiger partial charge in [-0.05, 0) is 31.3 Å². The van der Waals surface area contributed by atoms with E-state index in [0.717, 1.165) is 11.3 Å². The molecule has 0 saturated carbocycles. The molecule has 0 aliphatic heterocycles. The Bertz CT molecular complexity index is 434. The van der Waals surface area contributed by atoms with Crippen molar-refractivity contribution in [3.8, 4) is 0 Å². The number of nitrogens with one attached hydrogen (secondary N) is 1. The molecule has 0 aliphatic rings. The lowest BCUT2D eigenvalue weighted by molar-refractivity contribution is -0.116. The van der Waals surface area contributed by atoms with Crippen molar-refractivity contribution in [3.63, 3.8) is 0 Å². The van der Waals surface area contributed by atoms with Gasteiger partial charge in [-0.1, -0.05) is 12.2 Å². The van der Waals surface area contributed by atoms with Gasteiger partial charge in [-0.15, -0.1) is 0 Å². The van der Waals surface area contributed by atoms with E-state index in [1.54, 1.807) is 24.3 Å². The molecule has 0 spiro atoms. The summed E-state index contributed by atoms with van der Waals surface area (Å²) in [5.74, 6) is -0.0622. The highest BCUT2D eigenvalue weighted by atomic mass is 32.1. The van der Waals surface area contributed by atoms with Crippen molar-refractivity contribution in [2.75, 3.05) is 32.1 Å². The molecule has 0 bridgehead atoms.